The van der Waals surface area contributed by atoms with Gasteiger partial charge < -0.3 is 0 Å². The Hall–Kier alpha value is -0.0400. The van der Waals surface area contributed by atoms with Gasteiger partial charge in [-0.05, 0) is 63.7 Å². The Labute approximate surface area is 101 Å². The molecule has 2 aliphatic carbocycles. The topological polar surface area (TPSA) is 3.24 Å². The van der Waals surface area contributed by atoms with Crippen LogP contribution in [0.15, 0.2) is 0 Å². The Kier molecular flexibility index (Phi) is 2.99. The normalized spacial score (nSPS) is 48.8. The van der Waals surface area contributed by atoms with Gasteiger partial charge in [0.25, 0.3) is 0 Å². The van der Waals surface area contributed by atoms with E-state index in [-0.39, 0.29) is 0 Å². The van der Waals surface area contributed by atoms with E-state index in [2.05, 4.69) is 18.7 Å². The molecule has 1 aliphatic heterocycles. The molecule has 2 bridgehead atoms. The van der Waals surface area contributed by atoms with Gasteiger partial charge in [-0.25, -0.2) is 0 Å². The second-order valence-electron chi connectivity index (χ2n) is 6.76. The lowest BCUT2D eigenvalue weighted by molar-refractivity contribution is 0.0712. The SMILES string of the molecule is C[C@@H]1CCC[C@H](C)N1C[C@@H]1C[C@H]2CC[C@@H]1C2. The molecule has 0 aromatic carbocycles. The van der Waals surface area contributed by atoms with Crippen molar-refractivity contribution in [2.45, 2.75) is 70.9 Å². The zero-order chi connectivity index (χ0) is 11.1. The van der Waals surface area contributed by atoms with Gasteiger partial charge in [-0.1, -0.05) is 12.8 Å². The van der Waals surface area contributed by atoms with Crippen LogP contribution < -0.4 is 0 Å². The van der Waals surface area contributed by atoms with E-state index < -0.39 is 0 Å². The van der Waals surface area contributed by atoms with Crippen LogP contribution in [0.3, 0.4) is 0 Å². The summed E-state index contributed by atoms with van der Waals surface area (Å²) in [5.74, 6) is 3.28. The van der Waals surface area contributed by atoms with Crippen LogP contribution in [0.25, 0.3) is 0 Å². The molecule has 16 heavy (non-hydrogen) atoms. The molecule has 0 radical (unpaired) electrons. The monoisotopic (exact) mass is 221 g/mol. The van der Waals surface area contributed by atoms with Gasteiger partial charge in [0.2, 0.25) is 0 Å². The van der Waals surface area contributed by atoms with E-state index in [1.165, 1.54) is 25.8 Å². The van der Waals surface area contributed by atoms with Gasteiger partial charge in [0.05, 0.1) is 0 Å². The molecule has 3 aliphatic rings. The van der Waals surface area contributed by atoms with Crippen LogP contribution in [0.1, 0.15) is 58.8 Å². The quantitative estimate of drug-likeness (QED) is 0.687. The van der Waals surface area contributed by atoms with Gasteiger partial charge in [-0.3, -0.25) is 4.90 Å². The Morgan fingerprint density at radius 1 is 0.938 bits per heavy atom. The molecular formula is C15H27N. The predicted octanol–water partition coefficient (Wildman–Crippen LogP) is 3.69. The van der Waals surface area contributed by atoms with E-state index in [1.807, 2.05) is 0 Å². The number of nitrogens with zero attached hydrogens (tertiary/aromatic N) is 1. The Balaban J connectivity index is 1.60. The summed E-state index contributed by atoms with van der Waals surface area (Å²) in [6.07, 6.45) is 10.5. The molecule has 92 valence electrons. The van der Waals surface area contributed by atoms with Gasteiger partial charge in [0.1, 0.15) is 0 Å². The fourth-order valence-electron chi connectivity index (χ4n) is 4.71. The highest BCUT2D eigenvalue weighted by Crippen LogP contribution is 2.48. The highest BCUT2D eigenvalue weighted by Gasteiger charge is 2.41. The van der Waals surface area contributed by atoms with Crippen molar-refractivity contribution in [1.82, 2.24) is 4.90 Å². The minimum Gasteiger partial charge on any atom is -0.298 e. The van der Waals surface area contributed by atoms with Gasteiger partial charge in [-0.2, -0.15) is 0 Å². The maximum Gasteiger partial charge on any atom is 0.00698 e. The first-order chi connectivity index (χ1) is 7.74. The second kappa shape index (κ2) is 4.33. The Morgan fingerprint density at radius 3 is 2.25 bits per heavy atom. The minimum atomic E-state index is 0.850. The molecule has 1 saturated heterocycles. The number of hydrogen-bond donors (Lipinski definition) is 0. The molecular weight excluding hydrogens is 194 g/mol. The number of hydrogen-bond acceptors (Lipinski definition) is 1. The number of likely N-dealkylation sites (tertiary alicyclic amines) is 1. The van der Waals surface area contributed by atoms with Crippen LogP contribution >= 0.6 is 0 Å². The van der Waals surface area contributed by atoms with E-state index >= 15 is 0 Å². The fraction of sp³-hybridized carbons (Fsp3) is 1.00. The molecule has 0 N–H and O–H groups in total. The highest BCUT2D eigenvalue weighted by atomic mass is 15.2. The van der Waals surface area contributed by atoms with Crippen molar-refractivity contribution in [3.05, 3.63) is 0 Å². The average molecular weight is 221 g/mol. The molecule has 0 amide bonds. The van der Waals surface area contributed by atoms with Gasteiger partial charge in [0.15, 0.2) is 0 Å². The molecule has 5 atom stereocenters. The molecule has 0 aromatic heterocycles. The van der Waals surface area contributed by atoms with E-state index in [0.717, 1.165) is 29.8 Å². The summed E-state index contributed by atoms with van der Waals surface area (Å²) in [6.45, 7) is 6.31. The van der Waals surface area contributed by atoms with Crippen LogP contribution in [0.2, 0.25) is 0 Å². The molecule has 3 fully saturated rings. The maximum atomic E-state index is 2.83. The summed E-state index contributed by atoms with van der Waals surface area (Å²) >= 11 is 0. The minimum absolute atomic E-state index is 0.850. The fourth-order valence-corrected chi connectivity index (χ4v) is 4.71. The molecule has 0 aromatic rings. The maximum absolute atomic E-state index is 2.83. The molecule has 0 unspecified atom stereocenters. The first kappa shape index (κ1) is 11.1. The van der Waals surface area contributed by atoms with Crippen LogP contribution in [0.5, 0.6) is 0 Å². The lowest BCUT2D eigenvalue weighted by atomic mass is 9.86. The summed E-state index contributed by atoms with van der Waals surface area (Å²) in [5, 5.41) is 0. The van der Waals surface area contributed by atoms with Crippen molar-refractivity contribution in [3.63, 3.8) is 0 Å². The standard InChI is InChI=1S/C15H27N/c1-11-4-3-5-12(2)16(11)10-15-9-13-6-7-14(15)8-13/h11-15H,3-10H2,1-2H3/t11-,12+,13-,14+,15-/m0/s1. The third-order valence-corrected chi connectivity index (χ3v) is 5.71. The smallest absolute Gasteiger partial charge is 0.00698 e. The second-order valence-corrected chi connectivity index (χ2v) is 6.76. The highest BCUT2D eigenvalue weighted by molar-refractivity contribution is 4.93. The zero-order valence-electron chi connectivity index (χ0n) is 11.0. The Morgan fingerprint density at radius 2 is 1.69 bits per heavy atom. The van der Waals surface area contributed by atoms with E-state index in [0.29, 0.717) is 0 Å². The first-order valence-corrected chi connectivity index (χ1v) is 7.49. The van der Waals surface area contributed by atoms with Crippen molar-refractivity contribution in [3.8, 4) is 0 Å². The van der Waals surface area contributed by atoms with Crippen molar-refractivity contribution in [1.29, 1.82) is 0 Å². The molecule has 1 heteroatoms. The predicted molar refractivity (Wildman–Crippen MR) is 68.4 cm³/mol. The van der Waals surface area contributed by atoms with Gasteiger partial charge in [-0.15, -0.1) is 0 Å². The van der Waals surface area contributed by atoms with Crippen LogP contribution in [-0.4, -0.2) is 23.5 Å². The molecule has 2 saturated carbocycles. The average Bonchev–Trinajstić information content (AvgIpc) is 2.85. The van der Waals surface area contributed by atoms with Gasteiger partial charge >= 0.3 is 0 Å². The largest absolute Gasteiger partial charge is 0.298 e. The van der Waals surface area contributed by atoms with Crippen molar-refractivity contribution in [2.24, 2.45) is 17.8 Å². The lowest BCUT2D eigenvalue weighted by Crippen LogP contribution is -2.46. The number of fused-ring (bicyclic) bond motifs is 2. The van der Waals surface area contributed by atoms with Gasteiger partial charge in [0, 0.05) is 18.6 Å². The van der Waals surface area contributed by atoms with E-state index in [4.69, 9.17) is 0 Å². The van der Waals surface area contributed by atoms with Crippen molar-refractivity contribution >= 4 is 0 Å². The third kappa shape index (κ3) is 1.92. The zero-order valence-corrected chi connectivity index (χ0v) is 11.0. The number of rotatable bonds is 2. The Bertz CT molecular complexity index is 240. The summed E-state index contributed by atoms with van der Waals surface area (Å²) < 4.78 is 0. The van der Waals surface area contributed by atoms with Crippen LogP contribution in [-0.2, 0) is 0 Å². The molecule has 1 heterocycles. The van der Waals surface area contributed by atoms with Crippen LogP contribution in [0.4, 0.5) is 0 Å². The van der Waals surface area contributed by atoms with Crippen molar-refractivity contribution in [2.75, 3.05) is 6.54 Å². The summed E-state index contributed by atoms with van der Waals surface area (Å²) in [4.78, 5) is 2.83. The first-order valence-electron chi connectivity index (χ1n) is 7.49. The van der Waals surface area contributed by atoms with Crippen LogP contribution in [0, 0.1) is 17.8 Å². The summed E-state index contributed by atoms with van der Waals surface area (Å²) in [6, 6.07) is 1.70. The summed E-state index contributed by atoms with van der Waals surface area (Å²) in [5.41, 5.74) is 0. The molecule has 0 spiro atoms. The number of piperidine rings is 1. The van der Waals surface area contributed by atoms with Crippen molar-refractivity contribution < 1.29 is 0 Å². The van der Waals surface area contributed by atoms with E-state index in [1.54, 1.807) is 25.7 Å². The lowest BCUT2D eigenvalue weighted by Gasteiger charge is -2.41. The summed E-state index contributed by atoms with van der Waals surface area (Å²) in [7, 11) is 0. The molecule has 1 nitrogen and oxygen atoms in total. The van der Waals surface area contributed by atoms with E-state index in [9.17, 15) is 0 Å². The third-order valence-electron chi connectivity index (χ3n) is 5.71. The molecule has 3 rings (SSSR count).